The largest absolute Gasteiger partial charge is 0.293 e. The molecule has 4 aromatic rings. The van der Waals surface area contributed by atoms with Gasteiger partial charge in [-0.2, -0.15) is 0 Å². The van der Waals surface area contributed by atoms with Crippen LogP contribution in [0.3, 0.4) is 0 Å². The second-order valence-corrected chi connectivity index (χ2v) is 5.79. The summed E-state index contributed by atoms with van der Waals surface area (Å²) in [5.41, 5.74) is 1.54. The molecule has 0 N–H and O–H groups in total. The van der Waals surface area contributed by atoms with E-state index in [9.17, 15) is 14.0 Å². The van der Waals surface area contributed by atoms with Gasteiger partial charge in [0.2, 0.25) is 0 Å². The number of aryl methyl sites for hydroxylation is 1. The number of nitrogens with zero attached hydrogens (tertiary/aromatic N) is 4. The average Bonchev–Trinajstić information content (AvgIpc) is 2.57. The van der Waals surface area contributed by atoms with Gasteiger partial charge in [-0.25, -0.2) is 14.4 Å². The van der Waals surface area contributed by atoms with Crippen LogP contribution >= 0.6 is 0 Å². The monoisotopic (exact) mass is 336 g/mol. The minimum atomic E-state index is -0.447. The van der Waals surface area contributed by atoms with Crippen LogP contribution in [0.25, 0.3) is 16.6 Å². The maximum Gasteiger partial charge on any atom is 0.261 e. The molecule has 124 valence electrons. The van der Waals surface area contributed by atoms with Gasteiger partial charge in [-0.05, 0) is 31.2 Å². The minimum Gasteiger partial charge on any atom is -0.293 e. The standard InChI is InChI=1S/C18H13FN4O2/c1-11-3-2-4-16-21-13(8-17(24)23(11)16)9-22-10-20-15-7-12(19)5-6-14(15)18(22)25/h2-8,10H,9H2,1H3. The summed E-state index contributed by atoms with van der Waals surface area (Å²) in [5, 5.41) is 0.317. The lowest BCUT2D eigenvalue weighted by Gasteiger charge is -2.08. The van der Waals surface area contributed by atoms with Gasteiger partial charge in [0.05, 0.1) is 29.5 Å². The first-order valence-corrected chi connectivity index (χ1v) is 7.66. The Balaban J connectivity index is 1.83. The first-order chi connectivity index (χ1) is 12.0. The van der Waals surface area contributed by atoms with Gasteiger partial charge < -0.3 is 0 Å². The summed E-state index contributed by atoms with van der Waals surface area (Å²) in [6.07, 6.45) is 1.34. The van der Waals surface area contributed by atoms with Crippen molar-refractivity contribution in [2.24, 2.45) is 0 Å². The van der Waals surface area contributed by atoms with Crippen molar-refractivity contribution in [1.82, 2.24) is 18.9 Å². The van der Waals surface area contributed by atoms with E-state index in [0.717, 1.165) is 5.69 Å². The molecule has 3 heterocycles. The van der Waals surface area contributed by atoms with Gasteiger partial charge in [0.1, 0.15) is 11.5 Å². The van der Waals surface area contributed by atoms with E-state index < -0.39 is 5.82 Å². The number of benzene rings is 1. The van der Waals surface area contributed by atoms with E-state index in [1.54, 1.807) is 6.07 Å². The lowest BCUT2D eigenvalue weighted by molar-refractivity contribution is 0.629. The lowest BCUT2D eigenvalue weighted by atomic mass is 10.2. The predicted molar refractivity (Wildman–Crippen MR) is 91.3 cm³/mol. The van der Waals surface area contributed by atoms with Crippen molar-refractivity contribution in [3.63, 3.8) is 0 Å². The zero-order valence-corrected chi connectivity index (χ0v) is 13.3. The number of hydrogen-bond acceptors (Lipinski definition) is 4. The molecule has 0 atom stereocenters. The fourth-order valence-electron chi connectivity index (χ4n) is 2.86. The van der Waals surface area contributed by atoms with Crippen molar-refractivity contribution in [2.45, 2.75) is 13.5 Å². The highest BCUT2D eigenvalue weighted by Gasteiger charge is 2.09. The van der Waals surface area contributed by atoms with Gasteiger partial charge in [-0.1, -0.05) is 6.07 Å². The molecule has 1 aromatic carbocycles. The summed E-state index contributed by atoms with van der Waals surface area (Å²) in [4.78, 5) is 33.4. The Morgan fingerprint density at radius 3 is 2.80 bits per heavy atom. The lowest BCUT2D eigenvalue weighted by Crippen LogP contribution is -2.24. The van der Waals surface area contributed by atoms with Gasteiger partial charge in [0, 0.05) is 17.8 Å². The number of pyridine rings is 1. The third-order valence-corrected chi connectivity index (χ3v) is 4.05. The van der Waals surface area contributed by atoms with Gasteiger partial charge in [0.25, 0.3) is 11.1 Å². The zero-order chi connectivity index (χ0) is 17.6. The van der Waals surface area contributed by atoms with Gasteiger partial charge in [0.15, 0.2) is 0 Å². The minimum absolute atomic E-state index is 0.110. The molecule has 0 fully saturated rings. The fourth-order valence-corrected chi connectivity index (χ4v) is 2.86. The van der Waals surface area contributed by atoms with Crippen LogP contribution in [0.5, 0.6) is 0 Å². The fraction of sp³-hybridized carbons (Fsp3) is 0.111. The number of hydrogen-bond donors (Lipinski definition) is 0. The molecule has 0 radical (unpaired) electrons. The van der Waals surface area contributed by atoms with E-state index in [2.05, 4.69) is 9.97 Å². The molecule has 7 heteroatoms. The molecule has 0 unspecified atom stereocenters. The van der Waals surface area contributed by atoms with Crippen LogP contribution in [0.1, 0.15) is 11.4 Å². The molecule has 0 aliphatic heterocycles. The van der Waals surface area contributed by atoms with Crippen LogP contribution in [0.4, 0.5) is 4.39 Å². The molecule has 0 amide bonds. The molecular weight excluding hydrogens is 323 g/mol. The van der Waals surface area contributed by atoms with Gasteiger partial charge in [-0.15, -0.1) is 0 Å². The molecule has 25 heavy (non-hydrogen) atoms. The second-order valence-electron chi connectivity index (χ2n) is 5.79. The Morgan fingerprint density at radius 1 is 1.12 bits per heavy atom. The highest BCUT2D eigenvalue weighted by molar-refractivity contribution is 5.77. The van der Waals surface area contributed by atoms with E-state index in [1.807, 2.05) is 19.1 Å². The van der Waals surface area contributed by atoms with E-state index in [1.165, 1.54) is 39.6 Å². The number of rotatable bonds is 2. The van der Waals surface area contributed by atoms with Crippen molar-refractivity contribution >= 4 is 16.6 Å². The van der Waals surface area contributed by atoms with E-state index in [-0.39, 0.29) is 17.7 Å². The Morgan fingerprint density at radius 2 is 1.96 bits per heavy atom. The van der Waals surface area contributed by atoms with Crippen molar-refractivity contribution < 1.29 is 4.39 Å². The van der Waals surface area contributed by atoms with Gasteiger partial charge in [-0.3, -0.25) is 18.6 Å². The topological polar surface area (TPSA) is 69.3 Å². The maximum atomic E-state index is 13.2. The smallest absolute Gasteiger partial charge is 0.261 e. The predicted octanol–water partition coefficient (Wildman–Crippen LogP) is 1.90. The summed E-state index contributed by atoms with van der Waals surface area (Å²) in [5.74, 6) is -0.447. The molecule has 0 aliphatic rings. The summed E-state index contributed by atoms with van der Waals surface area (Å²) in [7, 11) is 0. The highest BCUT2D eigenvalue weighted by Crippen LogP contribution is 2.09. The summed E-state index contributed by atoms with van der Waals surface area (Å²) >= 11 is 0. The number of aromatic nitrogens is 4. The van der Waals surface area contributed by atoms with Gasteiger partial charge >= 0.3 is 0 Å². The van der Waals surface area contributed by atoms with E-state index in [0.29, 0.717) is 22.2 Å². The van der Waals surface area contributed by atoms with Crippen molar-refractivity contribution in [1.29, 1.82) is 0 Å². The van der Waals surface area contributed by atoms with Crippen LogP contribution in [-0.2, 0) is 6.54 Å². The summed E-state index contributed by atoms with van der Waals surface area (Å²) in [6, 6.07) is 10.6. The van der Waals surface area contributed by atoms with Crippen LogP contribution in [0.15, 0.2) is 58.4 Å². The Bertz CT molecular complexity index is 1240. The molecule has 0 spiro atoms. The van der Waals surface area contributed by atoms with Crippen LogP contribution < -0.4 is 11.1 Å². The molecule has 0 saturated carbocycles. The van der Waals surface area contributed by atoms with Crippen LogP contribution in [-0.4, -0.2) is 18.9 Å². The molecule has 0 saturated heterocycles. The number of fused-ring (bicyclic) bond motifs is 2. The normalized spacial score (nSPS) is 11.3. The summed E-state index contributed by atoms with van der Waals surface area (Å²) < 4.78 is 16.1. The van der Waals surface area contributed by atoms with Crippen LogP contribution in [0, 0.1) is 12.7 Å². The number of halogens is 1. The van der Waals surface area contributed by atoms with E-state index >= 15 is 0 Å². The average molecular weight is 336 g/mol. The zero-order valence-electron chi connectivity index (χ0n) is 13.3. The molecule has 6 nitrogen and oxygen atoms in total. The SMILES string of the molecule is Cc1cccc2nc(Cn3cnc4cc(F)ccc4c3=O)cc(=O)n12. The second kappa shape index (κ2) is 5.62. The third kappa shape index (κ3) is 2.59. The molecule has 3 aromatic heterocycles. The Hall–Kier alpha value is -3.35. The molecular formula is C18H13FN4O2. The van der Waals surface area contributed by atoms with Crippen molar-refractivity contribution in [3.8, 4) is 0 Å². The molecule has 0 aliphatic carbocycles. The Kier molecular flexibility index (Phi) is 3.42. The first-order valence-electron chi connectivity index (χ1n) is 7.66. The third-order valence-electron chi connectivity index (χ3n) is 4.05. The van der Waals surface area contributed by atoms with E-state index in [4.69, 9.17) is 0 Å². The Labute approximate surface area is 140 Å². The highest BCUT2D eigenvalue weighted by atomic mass is 19.1. The molecule has 4 rings (SSSR count). The first kappa shape index (κ1) is 15.2. The van der Waals surface area contributed by atoms with Crippen molar-refractivity contribution in [2.75, 3.05) is 0 Å². The molecule has 0 bridgehead atoms. The van der Waals surface area contributed by atoms with Crippen molar-refractivity contribution in [3.05, 3.63) is 86.7 Å². The maximum absolute atomic E-state index is 13.2. The quantitative estimate of drug-likeness (QED) is 0.561. The van der Waals surface area contributed by atoms with Crippen LogP contribution in [0.2, 0.25) is 0 Å². The summed E-state index contributed by atoms with van der Waals surface area (Å²) in [6.45, 7) is 1.94.